The van der Waals surface area contributed by atoms with Crippen LogP contribution >= 0.6 is 0 Å². The van der Waals surface area contributed by atoms with Crippen molar-refractivity contribution in [3.8, 4) is 22.6 Å². The first kappa shape index (κ1) is 30.4. The number of imide groups is 1. The summed E-state index contributed by atoms with van der Waals surface area (Å²) in [5, 5.41) is 2.36. The van der Waals surface area contributed by atoms with Gasteiger partial charge in [-0.2, -0.15) is 0 Å². The summed E-state index contributed by atoms with van der Waals surface area (Å²) in [5.41, 5.74) is 6.99. The molecule has 1 unspecified atom stereocenters. The second kappa shape index (κ2) is 12.0. The summed E-state index contributed by atoms with van der Waals surface area (Å²) in [6, 6.07) is 11.2. The average molecular weight is 616 g/mol. The van der Waals surface area contributed by atoms with Crippen LogP contribution in [-0.4, -0.2) is 78.5 Å². The Morgan fingerprint density at radius 3 is 2.24 bits per heavy atom. The van der Waals surface area contributed by atoms with E-state index in [9.17, 15) is 19.2 Å². The topological polar surface area (TPSA) is 113 Å². The zero-order valence-corrected chi connectivity index (χ0v) is 26.4. The van der Waals surface area contributed by atoms with Gasteiger partial charge in [0.05, 0.1) is 19.8 Å². The van der Waals surface area contributed by atoms with Gasteiger partial charge in [0.2, 0.25) is 11.8 Å². The Hall–Kier alpha value is -4.64. The summed E-state index contributed by atoms with van der Waals surface area (Å²) in [6.45, 7) is 8.05. The van der Waals surface area contributed by atoms with Crippen LogP contribution < -0.4 is 25.2 Å². The number of hydrogen-bond acceptors (Lipinski definition) is 8. The SMILES string of the molecule is COc1cc(-c2cc(C)c(=O)n(C)c2C)cc(OC)c1CN1CCN(c2ccc3c(c2)CN(C2CCC(=O)NC2=O)C3=O)CC1.[HH]. The molecule has 45 heavy (non-hydrogen) atoms. The molecule has 0 radical (unpaired) electrons. The van der Waals surface area contributed by atoms with Crippen molar-refractivity contribution >= 4 is 23.4 Å². The summed E-state index contributed by atoms with van der Waals surface area (Å²) in [5.74, 6) is 0.625. The predicted molar refractivity (Wildman–Crippen MR) is 172 cm³/mol. The molecule has 2 saturated heterocycles. The second-order valence-corrected chi connectivity index (χ2v) is 12.1. The van der Waals surface area contributed by atoms with Crippen molar-refractivity contribution in [2.45, 2.75) is 45.8 Å². The Labute approximate surface area is 263 Å². The molecular formula is C34H41N5O6. The van der Waals surface area contributed by atoms with Crippen LogP contribution in [0.1, 0.15) is 47.0 Å². The van der Waals surface area contributed by atoms with Crippen LogP contribution in [-0.2, 0) is 29.7 Å². The van der Waals surface area contributed by atoms with E-state index in [1.165, 1.54) is 0 Å². The van der Waals surface area contributed by atoms with E-state index in [0.29, 0.717) is 30.6 Å². The fourth-order valence-electron chi connectivity index (χ4n) is 6.71. The van der Waals surface area contributed by atoms with E-state index in [0.717, 1.165) is 71.3 Å². The van der Waals surface area contributed by atoms with Crippen LogP contribution in [0.15, 0.2) is 41.2 Å². The van der Waals surface area contributed by atoms with E-state index in [-0.39, 0.29) is 25.2 Å². The largest absolute Gasteiger partial charge is 0.496 e. The monoisotopic (exact) mass is 615 g/mol. The number of rotatable bonds is 7. The predicted octanol–water partition coefficient (Wildman–Crippen LogP) is 3.02. The van der Waals surface area contributed by atoms with Crippen molar-refractivity contribution in [1.29, 1.82) is 0 Å². The molecule has 0 aliphatic carbocycles. The van der Waals surface area contributed by atoms with Gasteiger partial charge in [-0.05, 0) is 67.8 Å². The van der Waals surface area contributed by atoms with E-state index in [4.69, 9.17) is 9.47 Å². The second-order valence-electron chi connectivity index (χ2n) is 12.1. The number of piperidine rings is 1. The summed E-state index contributed by atoms with van der Waals surface area (Å²) in [4.78, 5) is 55.8. The maximum absolute atomic E-state index is 13.1. The third-order valence-electron chi connectivity index (χ3n) is 9.44. The Morgan fingerprint density at radius 2 is 1.60 bits per heavy atom. The van der Waals surface area contributed by atoms with Crippen molar-refractivity contribution < 1.29 is 25.3 Å². The molecule has 2 aromatic carbocycles. The van der Waals surface area contributed by atoms with Gasteiger partial charge in [0.15, 0.2) is 0 Å². The normalized spacial score (nSPS) is 18.7. The summed E-state index contributed by atoms with van der Waals surface area (Å²) < 4.78 is 13.4. The number of ether oxygens (including phenoxy) is 2. The fourth-order valence-corrected chi connectivity index (χ4v) is 6.71. The number of aromatic nitrogens is 1. The Bertz CT molecular complexity index is 1740. The van der Waals surface area contributed by atoms with Crippen LogP contribution in [0.4, 0.5) is 5.69 Å². The van der Waals surface area contributed by atoms with Crippen molar-refractivity contribution in [1.82, 2.24) is 19.7 Å². The summed E-state index contributed by atoms with van der Waals surface area (Å²) in [7, 11) is 5.12. The number of fused-ring (bicyclic) bond motifs is 1. The molecule has 3 aliphatic rings. The van der Waals surface area contributed by atoms with Crippen molar-refractivity contribution in [3.63, 3.8) is 0 Å². The van der Waals surface area contributed by atoms with Gasteiger partial charge >= 0.3 is 0 Å². The van der Waals surface area contributed by atoms with Gasteiger partial charge in [-0.25, -0.2) is 0 Å². The molecule has 3 amide bonds. The lowest BCUT2D eigenvalue weighted by Crippen LogP contribution is -2.52. The first-order valence-corrected chi connectivity index (χ1v) is 15.3. The number of piperazine rings is 1. The highest BCUT2D eigenvalue weighted by molar-refractivity contribution is 6.05. The minimum Gasteiger partial charge on any atom is -0.496 e. The van der Waals surface area contributed by atoms with Gasteiger partial charge < -0.3 is 23.8 Å². The lowest BCUT2D eigenvalue weighted by molar-refractivity contribution is -0.136. The minimum atomic E-state index is -0.618. The third-order valence-corrected chi connectivity index (χ3v) is 9.44. The zero-order valence-electron chi connectivity index (χ0n) is 26.4. The molecule has 2 fully saturated rings. The molecule has 1 atom stereocenters. The molecule has 3 aliphatic heterocycles. The standard InChI is InChI=1S/C34H39N5O6.H2/c1-20-14-26(21(2)36(3)33(20)42)22-16-29(44-4)27(30(17-22)45-5)19-37-10-12-38(13-11-37)24-6-7-25-23(15-24)18-39(34(25)43)28-8-9-31(40)35-32(28)41;/h6-7,14-17,28H,8-13,18-19H2,1-5H3,(H,35,40,41);1H. The van der Waals surface area contributed by atoms with Crippen molar-refractivity contribution in [2.75, 3.05) is 45.3 Å². The Kier molecular flexibility index (Phi) is 8.13. The average Bonchev–Trinajstić information content (AvgIpc) is 3.37. The van der Waals surface area contributed by atoms with Gasteiger partial charge in [0.25, 0.3) is 11.5 Å². The van der Waals surface area contributed by atoms with E-state index < -0.39 is 11.9 Å². The van der Waals surface area contributed by atoms with Crippen molar-refractivity contribution in [2.24, 2.45) is 7.05 Å². The highest BCUT2D eigenvalue weighted by Crippen LogP contribution is 2.37. The van der Waals surface area contributed by atoms with Crippen molar-refractivity contribution in [3.05, 3.63) is 74.7 Å². The number of anilines is 1. The van der Waals surface area contributed by atoms with Gasteiger partial charge in [-0.15, -0.1) is 0 Å². The lowest BCUT2D eigenvalue weighted by atomic mass is 9.99. The number of benzene rings is 2. The molecule has 1 aromatic heterocycles. The van der Waals surface area contributed by atoms with Crippen LogP contribution in [0, 0.1) is 13.8 Å². The van der Waals surface area contributed by atoms with Crippen LogP contribution in [0.25, 0.3) is 11.1 Å². The molecule has 0 saturated carbocycles. The molecular weight excluding hydrogens is 574 g/mol. The molecule has 11 heteroatoms. The van der Waals surface area contributed by atoms with E-state index in [1.54, 1.807) is 30.7 Å². The van der Waals surface area contributed by atoms with E-state index >= 15 is 0 Å². The molecule has 11 nitrogen and oxygen atoms in total. The van der Waals surface area contributed by atoms with Crippen LogP contribution in [0.5, 0.6) is 11.5 Å². The number of pyridine rings is 1. The Morgan fingerprint density at radius 1 is 0.911 bits per heavy atom. The first-order valence-electron chi connectivity index (χ1n) is 15.3. The third kappa shape index (κ3) is 5.56. The molecule has 6 rings (SSSR count). The number of hydrogen-bond donors (Lipinski definition) is 1. The van der Waals surface area contributed by atoms with Gasteiger partial charge in [0, 0.05) is 82.2 Å². The smallest absolute Gasteiger partial charge is 0.255 e. The fraction of sp³-hybridized carbons (Fsp3) is 0.412. The van der Waals surface area contributed by atoms with E-state index in [1.807, 2.05) is 44.2 Å². The van der Waals surface area contributed by atoms with Crippen LogP contribution in [0.2, 0.25) is 0 Å². The number of methoxy groups -OCH3 is 2. The Balaban J connectivity index is 0.00000417. The number of nitrogens with zero attached hydrogens (tertiary/aromatic N) is 4. The zero-order chi connectivity index (χ0) is 32.0. The molecule has 0 spiro atoms. The number of carbonyl (C=O) groups is 3. The van der Waals surface area contributed by atoms with Gasteiger partial charge in [0.1, 0.15) is 17.5 Å². The highest BCUT2D eigenvalue weighted by Gasteiger charge is 2.39. The maximum atomic E-state index is 13.1. The quantitative estimate of drug-likeness (QED) is 0.404. The van der Waals surface area contributed by atoms with E-state index in [2.05, 4.69) is 21.2 Å². The molecule has 0 bridgehead atoms. The number of amides is 3. The van der Waals surface area contributed by atoms with Gasteiger partial charge in [-0.3, -0.25) is 29.4 Å². The molecule has 3 aromatic rings. The molecule has 4 heterocycles. The number of carbonyl (C=O) groups excluding carboxylic acids is 3. The minimum absolute atomic E-state index is 0. The van der Waals surface area contributed by atoms with Gasteiger partial charge in [-0.1, -0.05) is 0 Å². The molecule has 1 N–H and O–H groups in total. The lowest BCUT2D eigenvalue weighted by Gasteiger charge is -2.36. The number of nitrogens with one attached hydrogen (secondary N) is 1. The first-order chi connectivity index (χ1) is 21.6. The van der Waals surface area contributed by atoms with Crippen LogP contribution in [0.3, 0.4) is 0 Å². The number of aryl methyl sites for hydroxylation is 1. The molecule has 238 valence electrons. The highest BCUT2D eigenvalue weighted by atomic mass is 16.5. The summed E-state index contributed by atoms with van der Waals surface area (Å²) >= 11 is 0. The maximum Gasteiger partial charge on any atom is 0.255 e. The summed E-state index contributed by atoms with van der Waals surface area (Å²) in [6.07, 6.45) is 0.590.